The van der Waals surface area contributed by atoms with E-state index in [1.54, 1.807) is 12.1 Å². The first-order valence-electron chi connectivity index (χ1n) is 5.24. The SMILES string of the molecule is OC[C@@H](O)[C@@H](O)[C@@H](O)/C=N/Nc1ccc(Br)cc1. The van der Waals surface area contributed by atoms with Gasteiger partial charge in [0.2, 0.25) is 0 Å². The van der Waals surface area contributed by atoms with Crippen LogP contribution in [0.2, 0.25) is 0 Å². The Labute approximate surface area is 113 Å². The third-order valence-corrected chi connectivity index (χ3v) is 2.72. The van der Waals surface area contributed by atoms with Gasteiger partial charge in [-0.05, 0) is 24.3 Å². The van der Waals surface area contributed by atoms with Crippen LogP contribution < -0.4 is 5.43 Å². The minimum Gasteiger partial charge on any atom is -0.394 e. The van der Waals surface area contributed by atoms with Gasteiger partial charge < -0.3 is 20.4 Å². The molecule has 0 unspecified atom stereocenters. The quantitative estimate of drug-likeness (QED) is 0.373. The van der Waals surface area contributed by atoms with Crippen molar-refractivity contribution in [2.24, 2.45) is 5.10 Å². The van der Waals surface area contributed by atoms with Crippen LogP contribution in [-0.4, -0.2) is 51.6 Å². The fraction of sp³-hybridized carbons (Fsp3) is 0.364. The highest BCUT2D eigenvalue weighted by atomic mass is 79.9. The Hall–Kier alpha value is -0.990. The van der Waals surface area contributed by atoms with Crippen molar-refractivity contribution in [1.82, 2.24) is 0 Å². The van der Waals surface area contributed by atoms with E-state index in [-0.39, 0.29) is 0 Å². The highest BCUT2D eigenvalue weighted by Crippen LogP contribution is 2.13. The number of nitrogens with one attached hydrogen (secondary N) is 1. The van der Waals surface area contributed by atoms with Gasteiger partial charge in [-0.15, -0.1) is 0 Å². The van der Waals surface area contributed by atoms with Crippen LogP contribution >= 0.6 is 15.9 Å². The van der Waals surface area contributed by atoms with Crippen molar-refractivity contribution in [1.29, 1.82) is 0 Å². The standard InChI is InChI=1S/C11H15BrN2O4/c12-7-1-3-8(4-2-7)14-13-5-9(16)11(18)10(17)6-15/h1-5,9-11,14-18H,6H2/b13-5+/t9-,10+,11-/m0/s1. The van der Waals surface area contributed by atoms with Gasteiger partial charge in [-0.25, -0.2) is 0 Å². The molecule has 0 aliphatic carbocycles. The number of hydrogen-bond acceptors (Lipinski definition) is 6. The molecule has 0 aliphatic heterocycles. The van der Waals surface area contributed by atoms with Crippen molar-refractivity contribution in [3.8, 4) is 0 Å². The van der Waals surface area contributed by atoms with Gasteiger partial charge in [0.15, 0.2) is 0 Å². The fourth-order valence-electron chi connectivity index (χ4n) is 1.14. The molecule has 1 rings (SSSR count). The molecule has 0 saturated carbocycles. The van der Waals surface area contributed by atoms with Gasteiger partial charge in [0.1, 0.15) is 18.3 Å². The van der Waals surface area contributed by atoms with E-state index in [1.165, 1.54) is 0 Å². The summed E-state index contributed by atoms with van der Waals surface area (Å²) in [5, 5.41) is 40.2. The number of nitrogens with zero attached hydrogens (tertiary/aromatic N) is 1. The first-order chi connectivity index (χ1) is 8.54. The first-order valence-corrected chi connectivity index (χ1v) is 6.03. The Balaban J connectivity index is 2.47. The number of hydrogen-bond donors (Lipinski definition) is 5. The normalized spacial score (nSPS) is 16.5. The fourth-order valence-corrected chi connectivity index (χ4v) is 1.40. The summed E-state index contributed by atoms with van der Waals surface area (Å²) >= 11 is 3.29. The summed E-state index contributed by atoms with van der Waals surface area (Å²) < 4.78 is 0.929. The van der Waals surface area contributed by atoms with Crippen LogP contribution in [0.1, 0.15) is 0 Å². The van der Waals surface area contributed by atoms with Crippen molar-refractivity contribution in [2.45, 2.75) is 18.3 Å². The van der Waals surface area contributed by atoms with E-state index in [1.807, 2.05) is 12.1 Å². The molecule has 5 N–H and O–H groups in total. The third kappa shape index (κ3) is 4.71. The Bertz CT molecular complexity index is 385. The zero-order valence-corrected chi connectivity index (χ0v) is 11.0. The number of hydrazone groups is 1. The molecule has 0 aromatic heterocycles. The van der Waals surface area contributed by atoms with E-state index in [9.17, 15) is 10.2 Å². The lowest BCUT2D eigenvalue weighted by Gasteiger charge is -2.18. The van der Waals surface area contributed by atoms with E-state index >= 15 is 0 Å². The molecule has 0 aliphatic rings. The van der Waals surface area contributed by atoms with Crippen LogP contribution in [0.25, 0.3) is 0 Å². The summed E-state index contributed by atoms with van der Waals surface area (Å²) in [6.07, 6.45) is -3.20. The molecule has 7 heteroatoms. The van der Waals surface area contributed by atoms with Crippen LogP contribution in [0.15, 0.2) is 33.8 Å². The molecule has 18 heavy (non-hydrogen) atoms. The Morgan fingerprint density at radius 1 is 1.22 bits per heavy atom. The summed E-state index contributed by atoms with van der Waals surface area (Å²) in [7, 11) is 0. The van der Waals surface area contributed by atoms with Gasteiger partial charge in [0, 0.05) is 4.47 Å². The largest absolute Gasteiger partial charge is 0.394 e. The molecule has 0 amide bonds. The second-order valence-corrected chi connectivity index (χ2v) is 4.54. The van der Waals surface area contributed by atoms with Crippen LogP contribution in [0.3, 0.4) is 0 Å². The van der Waals surface area contributed by atoms with E-state index in [4.69, 9.17) is 10.2 Å². The predicted octanol–water partition coefficient (Wildman–Crippen LogP) is -0.0782. The average Bonchev–Trinajstić information content (AvgIpc) is 2.39. The lowest BCUT2D eigenvalue weighted by atomic mass is 10.1. The van der Waals surface area contributed by atoms with Gasteiger partial charge in [0.05, 0.1) is 18.5 Å². The molecule has 0 fully saturated rings. The smallest absolute Gasteiger partial charge is 0.119 e. The number of rotatable bonds is 6. The van der Waals surface area contributed by atoms with Crippen molar-refractivity contribution in [3.63, 3.8) is 0 Å². The number of halogens is 1. The van der Waals surface area contributed by atoms with Crippen molar-refractivity contribution in [3.05, 3.63) is 28.7 Å². The maximum atomic E-state index is 9.42. The molecule has 100 valence electrons. The van der Waals surface area contributed by atoms with Crippen molar-refractivity contribution >= 4 is 27.8 Å². The molecule has 0 spiro atoms. The van der Waals surface area contributed by atoms with Crippen molar-refractivity contribution in [2.75, 3.05) is 12.0 Å². The Morgan fingerprint density at radius 2 is 1.83 bits per heavy atom. The van der Waals surface area contributed by atoms with Crippen LogP contribution in [0.4, 0.5) is 5.69 Å². The molecule has 6 nitrogen and oxygen atoms in total. The number of benzene rings is 1. The summed E-state index contributed by atoms with van der Waals surface area (Å²) in [4.78, 5) is 0. The van der Waals surface area contributed by atoms with Gasteiger partial charge in [0.25, 0.3) is 0 Å². The minimum absolute atomic E-state index is 0.633. The molecule has 0 radical (unpaired) electrons. The summed E-state index contributed by atoms with van der Waals surface area (Å²) in [5.41, 5.74) is 3.36. The van der Waals surface area contributed by atoms with Gasteiger partial charge in [-0.3, -0.25) is 5.43 Å². The van der Waals surface area contributed by atoms with Gasteiger partial charge in [-0.1, -0.05) is 15.9 Å². The molecule has 3 atom stereocenters. The minimum atomic E-state index is -1.48. The number of aliphatic hydroxyl groups excluding tert-OH is 4. The molecule has 0 heterocycles. The lowest BCUT2D eigenvalue weighted by molar-refractivity contribution is -0.0541. The number of anilines is 1. The maximum Gasteiger partial charge on any atom is 0.119 e. The monoisotopic (exact) mass is 318 g/mol. The van der Waals surface area contributed by atoms with E-state index in [0.717, 1.165) is 10.7 Å². The van der Waals surface area contributed by atoms with Crippen LogP contribution in [-0.2, 0) is 0 Å². The molecule has 1 aromatic rings. The second-order valence-electron chi connectivity index (χ2n) is 3.63. The molecule has 0 saturated heterocycles. The molecular weight excluding hydrogens is 304 g/mol. The second kappa shape index (κ2) is 7.45. The van der Waals surface area contributed by atoms with Crippen molar-refractivity contribution < 1.29 is 20.4 Å². The maximum absolute atomic E-state index is 9.42. The molecule has 0 bridgehead atoms. The predicted molar refractivity (Wildman–Crippen MR) is 71.4 cm³/mol. The van der Waals surface area contributed by atoms with Crippen LogP contribution in [0, 0.1) is 0 Å². The number of aliphatic hydroxyl groups is 4. The average molecular weight is 319 g/mol. The summed E-state index contributed by atoms with van der Waals surface area (Å²) in [6, 6.07) is 7.18. The zero-order valence-electron chi connectivity index (χ0n) is 9.44. The topological polar surface area (TPSA) is 105 Å². The highest BCUT2D eigenvalue weighted by Gasteiger charge is 2.22. The Morgan fingerprint density at radius 3 is 2.39 bits per heavy atom. The third-order valence-electron chi connectivity index (χ3n) is 2.20. The molecular formula is C11H15BrN2O4. The summed E-state index contributed by atoms with van der Waals surface area (Å²) in [5.74, 6) is 0. The molecule has 1 aromatic carbocycles. The van der Waals surface area contributed by atoms with E-state index in [2.05, 4.69) is 26.5 Å². The lowest BCUT2D eigenvalue weighted by Crippen LogP contribution is -2.40. The first kappa shape index (κ1) is 15.1. The Kier molecular flexibility index (Phi) is 6.23. The van der Waals surface area contributed by atoms with Crippen LogP contribution in [0.5, 0.6) is 0 Å². The van der Waals surface area contributed by atoms with E-state index < -0.39 is 24.9 Å². The zero-order chi connectivity index (χ0) is 13.5. The van der Waals surface area contributed by atoms with E-state index in [0.29, 0.717) is 5.69 Å². The van der Waals surface area contributed by atoms with Gasteiger partial charge >= 0.3 is 0 Å². The highest BCUT2D eigenvalue weighted by molar-refractivity contribution is 9.10. The summed E-state index contributed by atoms with van der Waals surface area (Å²) in [6.45, 7) is -0.633. The van der Waals surface area contributed by atoms with Gasteiger partial charge in [-0.2, -0.15) is 5.10 Å².